The first-order valence-corrected chi connectivity index (χ1v) is 7.56. The first-order valence-electron chi connectivity index (χ1n) is 7.56. The molecule has 1 saturated heterocycles. The minimum Gasteiger partial charge on any atom is -0.328 e. The fourth-order valence-electron chi connectivity index (χ4n) is 2.86. The summed E-state index contributed by atoms with van der Waals surface area (Å²) in [5, 5.41) is 9.87. The van der Waals surface area contributed by atoms with Crippen LogP contribution in [0.2, 0.25) is 0 Å². The number of aromatic nitrogens is 2. The molecular weight excluding hydrogens is 278 g/mol. The van der Waals surface area contributed by atoms with Crippen LogP contribution in [-0.2, 0) is 6.54 Å². The van der Waals surface area contributed by atoms with E-state index in [2.05, 4.69) is 9.88 Å². The van der Waals surface area contributed by atoms with Gasteiger partial charge < -0.3 is 10.6 Å². The van der Waals surface area contributed by atoms with E-state index in [-0.39, 0.29) is 5.56 Å². The van der Waals surface area contributed by atoms with Gasteiger partial charge in [0.1, 0.15) is 17.4 Å². The molecular formula is C16H19N5O. The normalized spacial score (nSPS) is 16.7. The molecule has 0 aromatic carbocycles. The zero-order valence-corrected chi connectivity index (χ0v) is 12.4. The number of nitriles is 1. The van der Waals surface area contributed by atoms with Crippen molar-refractivity contribution in [1.29, 1.82) is 5.26 Å². The number of piperidine rings is 1. The molecule has 3 heterocycles. The van der Waals surface area contributed by atoms with Crippen molar-refractivity contribution in [2.24, 2.45) is 5.73 Å². The van der Waals surface area contributed by atoms with Gasteiger partial charge in [0.15, 0.2) is 0 Å². The van der Waals surface area contributed by atoms with Crippen molar-refractivity contribution in [2.75, 3.05) is 19.6 Å². The summed E-state index contributed by atoms with van der Waals surface area (Å²) in [6, 6.07) is 9.14. The molecule has 22 heavy (non-hydrogen) atoms. The number of pyridine rings is 2. The highest BCUT2D eigenvalue weighted by molar-refractivity contribution is 5.75. The molecule has 0 aliphatic carbocycles. The zero-order chi connectivity index (χ0) is 15.5. The number of likely N-dealkylation sites (tertiary alicyclic amines) is 1. The SMILES string of the molecule is N#Cc1ccc2ccc(=O)n(CCN3CCC(N)CC3)c2n1. The number of nitrogens with zero attached hydrogens (tertiary/aromatic N) is 4. The Kier molecular flexibility index (Phi) is 4.18. The largest absolute Gasteiger partial charge is 0.328 e. The molecule has 1 aliphatic heterocycles. The van der Waals surface area contributed by atoms with Gasteiger partial charge in [-0.25, -0.2) is 4.98 Å². The maximum Gasteiger partial charge on any atom is 0.252 e. The van der Waals surface area contributed by atoms with E-state index in [4.69, 9.17) is 11.0 Å². The number of hydrogen-bond donors (Lipinski definition) is 1. The van der Waals surface area contributed by atoms with Crippen LogP contribution in [-0.4, -0.2) is 40.1 Å². The lowest BCUT2D eigenvalue weighted by Crippen LogP contribution is -2.41. The van der Waals surface area contributed by atoms with Crippen LogP contribution in [0.3, 0.4) is 0 Å². The van der Waals surface area contributed by atoms with Gasteiger partial charge in [-0.2, -0.15) is 5.26 Å². The molecule has 0 spiro atoms. The van der Waals surface area contributed by atoms with Gasteiger partial charge in [-0.15, -0.1) is 0 Å². The van der Waals surface area contributed by atoms with Gasteiger partial charge in [0.2, 0.25) is 0 Å². The Labute approximate surface area is 128 Å². The van der Waals surface area contributed by atoms with Gasteiger partial charge in [0.05, 0.1) is 0 Å². The first-order chi connectivity index (χ1) is 10.7. The maximum atomic E-state index is 12.2. The third-order valence-electron chi connectivity index (χ3n) is 4.22. The Balaban J connectivity index is 1.84. The van der Waals surface area contributed by atoms with Gasteiger partial charge in [-0.05, 0) is 44.1 Å². The molecule has 0 unspecified atom stereocenters. The van der Waals surface area contributed by atoms with E-state index in [1.807, 2.05) is 12.1 Å². The molecule has 0 amide bonds. The highest BCUT2D eigenvalue weighted by Gasteiger charge is 2.16. The van der Waals surface area contributed by atoms with Gasteiger partial charge in [0.25, 0.3) is 5.56 Å². The van der Waals surface area contributed by atoms with Gasteiger partial charge >= 0.3 is 0 Å². The van der Waals surface area contributed by atoms with Gasteiger partial charge in [-0.1, -0.05) is 0 Å². The molecule has 1 fully saturated rings. The van der Waals surface area contributed by atoms with Crippen LogP contribution in [0.15, 0.2) is 29.1 Å². The quantitative estimate of drug-likeness (QED) is 0.900. The smallest absolute Gasteiger partial charge is 0.252 e. The molecule has 2 aromatic rings. The molecule has 1 aliphatic rings. The summed E-state index contributed by atoms with van der Waals surface area (Å²) in [5.41, 5.74) is 6.75. The topological polar surface area (TPSA) is 87.9 Å². The summed E-state index contributed by atoms with van der Waals surface area (Å²) >= 11 is 0. The lowest BCUT2D eigenvalue weighted by molar-refractivity contribution is 0.206. The number of hydrogen-bond acceptors (Lipinski definition) is 5. The van der Waals surface area contributed by atoms with Crippen molar-refractivity contribution in [3.8, 4) is 6.07 Å². The average molecular weight is 297 g/mol. The fourth-order valence-corrected chi connectivity index (χ4v) is 2.86. The minimum absolute atomic E-state index is 0.0798. The Morgan fingerprint density at radius 3 is 2.68 bits per heavy atom. The molecule has 2 N–H and O–H groups in total. The van der Waals surface area contributed by atoms with Crippen LogP contribution in [0.25, 0.3) is 11.0 Å². The van der Waals surface area contributed by atoms with Crippen LogP contribution in [0, 0.1) is 11.3 Å². The third-order valence-corrected chi connectivity index (χ3v) is 4.22. The summed E-state index contributed by atoms with van der Waals surface area (Å²) in [6.45, 7) is 3.31. The summed E-state index contributed by atoms with van der Waals surface area (Å²) in [5.74, 6) is 0. The molecule has 2 aromatic heterocycles. The monoisotopic (exact) mass is 297 g/mol. The summed E-state index contributed by atoms with van der Waals surface area (Å²) in [4.78, 5) is 18.8. The Morgan fingerprint density at radius 1 is 1.23 bits per heavy atom. The van der Waals surface area contributed by atoms with Crippen molar-refractivity contribution >= 4 is 11.0 Å². The molecule has 6 nitrogen and oxygen atoms in total. The second-order valence-corrected chi connectivity index (χ2v) is 5.72. The average Bonchev–Trinajstić information content (AvgIpc) is 2.55. The lowest BCUT2D eigenvalue weighted by atomic mass is 10.1. The van der Waals surface area contributed by atoms with E-state index in [0.717, 1.165) is 37.9 Å². The van der Waals surface area contributed by atoms with Gasteiger partial charge in [-0.3, -0.25) is 9.36 Å². The molecule has 0 atom stereocenters. The van der Waals surface area contributed by atoms with Gasteiger partial charge in [0, 0.05) is 30.6 Å². The molecule has 6 heteroatoms. The maximum absolute atomic E-state index is 12.2. The first kappa shape index (κ1) is 14.7. The molecule has 0 radical (unpaired) electrons. The standard InChI is InChI=1S/C16H19N5O/c17-11-14-3-1-12-2-4-15(22)21(16(12)19-14)10-9-20-7-5-13(18)6-8-20/h1-4,13H,5-10,18H2. The highest BCUT2D eigenvalue weighted by atomic mass is 16.1. The highest BCUT2D eigenvalue weighted by Crippen LogP contribution is 2.12. The Bertz CT molecular complexity index is 768. The zero-order valence-electron chi connectivity index (χ0n) is 12.4. The predicted octanol–water partition coefficient (Wildman–Crippen LogP) is 0.691. The second-order valence-electron chi connectivity index (χ2n) is 5.72. The second kappa shape index (κ2) is 6.26. The van der Waals surface area contributed by atoms with Crippen molar-refractivity contribution in [3.63, 3.8) is 0 Å². The lowest BCUT2D eigenvalue weighted by Gasteiger charge is -2.30. The van der Waals surface area contributed by atoms with E-state index in [9.17, 15) is 4.79 Å². The molecule has 3 rings (SSSR count). The number of fused-ring (bicyclic) bond motifs is 1. The summed E-state index contributed by atoms with van der Waals surface area (Å²) in [6.07, 6.45) is 2.00. The van der Waals surface area contributed by atoms with Crippen LogP contribution in [0.1, 0.15) is 18.5 Å². The van der Waals surface area contributed by atoms with Crippen LogP contribution >= 0.6 is 0 Å². The Hall–Kier alpha value is -2.23. The van der Waals surface area contributed by atoms with E-state index < -0.39 is 0 Å². The number of rotatable bonds is 3. The van der Waals surface area contributed by atoms with Crippen LogP contribution in [0.5, 0.6) is 0 Å². The molecule has 0 bridgehead atoms. The van der Waals surface area contributed by atoms with Crippen molar-refractivity contribution in [3.05, 3.63) is 40.3 Å². The summed E-state index contributed by atoms with van der Waals surface area (Å²) in [7, 11) is 0. The van der Waals surface area contributed by atoms with E-state index in [1.54, 1.807) is 22.8 Å². The minimum atomic E-state index is -0.0798. The predicted molar refractivity (Wildman–Crippen MR) is 84.4 cm³/mol. The van der Waals surface area contributed by atoms with Crippen LogP contribution < -0.4 is 11.3 Å². The molecule has 114 valence electrons. The number of nitrogens with two attached hydrogens (primary N) is 1. The van der Waals surface area contributed by atoms with Crippen molar-refractivity contribution < 1.29 is 0 Å². The van der Waals surface area contributed by atoms with E-state index in [0.29, 0.717) is 23.9 Å². The summed E-state index contributed by atoms with van der Waals surface area (Å²) < 4.78 is 1.66. The van der Waals surface area contributed by atoms with Crippen molar-refractivity contribution in [1.82, 2.24) is 14.5 Å². The Morgan fingerprint density at radius 2 is 1.95 bits per heavy atom. The molecule has 0 saturated carbocycles. The fraction of sp³-hybridized carbons (Fsp3) is 0.438. The van der Waals surface area contributed by atoms with E-state index in [1.165, 1.54) is 0 Å². The van der Waals surface area contributed by atoms with Crippen molar-refractivity contribution in [2.45, 2.75) is 25.4 Å². The van der Waals surface area contributed by atoms with E-state index >= 15 is 0 Å². The third kappa shape index (κ3) is 3.01. The van der Waals surface area contributed by atoms with Crippen LogP contribution in [0.4, 0.5) is 0 Å².